The average molecular weight is 276 g/mol. The minimum absolute atomic E-state index is 0.0468. The highest BCUT2D eigenvalue weighted by atomic mass is 16.1. The van der Waals surface area contributed by atoms with E-state index in [1.54, 1.807) is 0 Å². The number of rotatable bonds is 6. The fourth-order valence-electron chi connectivity index (χ4n) is 1.83. The van der Waals surface area contributed by atoms with Gasteiger partial charge in [-0.2, -0.15) is 0 Å². The van der Waals surface area contributed by atoms with Crippen molar-refractivity contribution in [3.8, 4) is 0 Å². The second-order valence-electron chi connectivity index (χ2n) is 6.71. The van der Waals surface area contributed by atoms with Gasteiger partial charge in [0.2, 0.25) is 5.91 Å². The molecule has 0 bridgehead atoms. The number of amides is 1. The van der Waals surface area contributed by atoms with Gasteiger partial charge >= 0.3 is 0 Å². The lowest BCUT2D eigenvalue weighted by atomic mass is 9.87. The van der Waals surface area contributed by atoms with E-state index in [0.717, 1.165) is 18.7 Å². The van der Waals surface area contributed by atoms with E-state index < -0.39 is 0 Å². The first-order valence-corrected chi connectivity index (χ1v) is 7.40. The van der Waals surface area contributed by atoms with Gasteiger partial charge in [-0.15, -0.1) is 0 Å². The largest absolute Gasteiger partial charge is 0.376 e. The van der Waals surface area contributed by atoms with Crippen LogP contribution in [0.2, 0.25) is 0 Å². The van der Waals surface area contributed by atoms with Crippen LogP contribution in [0.3, 0.4) is 0 Å². The van der Waals surface area contributed by atoms with E-state index >= 15 is 0 Å². The van der Waals surface area contributed by atoms with Crippen molar-refractivity contribution in [2.24, 2.45) is 5.92 Å². The first kappa shape index (κ1) is 16.5. The summed E-state index contributed by atoms with van der Waals surface area (Å²) >= 11 is 0. The predicted molar refractivity (Wildman–Crippen MR) is 86.1 cm³/mol. The molecule has 1 aromatic rings. The van der Waals surface area contributed by atoms with Gasteiger partial charge in [0.05, 0.1) is 6.54 Å². The molecule has 1 aromatic carbocycles. The van der Waals surface area contributed by atoms with Gasteiger partial charge in [-0.05, 0) is 35.4 Å². The number of benzene rings is 1. The Labute approximate surface area is 123 Å². The Kier molecular flexibility index (Phi) is 6.05. The van der Waals surface area contributed by atoms with Crippen molar-refractivity contribution >= 4 is 11.6 Å². The van der Waals surface area contributed by atoms with Crippen molar-refractivity contribution in [3.63, 3.8) is 0 Å². The second kappa shape index (κ2) is 7.32. The van der Waals surface area contributed by atoms with Crippen molar-refractivity contribution in [2.75, 3.05) is 18.4 Å². The first-order valence-electron chi connectivity index (χ1n) is 7.40. The summed E-state index contributed by atoms with van der Waals surface area (Å²) in [6.45, 7) is 12.0. The molecule has 0 saturated carbocycles. The topological polar surface area (TPSA) is 41.1 Å². The summed E-state index contributed by atoms with van der Waals surface area (Å²) in [5.74, 6) is 0.666. The fraction of sp³-hybridized carbons (Fsp3) is 0.588. The van der Waals surface area contributed by atoms with Crippen molar-refractivity contribution in [1.29, 1.82) is 0 Å². The molecule has 2 N–H and O–H groups in total. The lowest BCUT2D eigenvalue weighted by Gasteiger charge is -2.19. The van der Waals surface area contributed by atoms with Crippen molar-refractivity contribution in [2.45, 2.75) is 46.5 Å². The molecule has 1 amide bonds. The van der Waals surface area contributed by atoms with Crippen LogP contribution in [0.5, 0.6) is 0 Å². The zero-order chi connectivity index (χ0) is 15.2. The van der Waals surface area contributed by atoms with Crippen molar-refractivity contribution in [3.05, 3.63) is 29.8 Å². The number of carbonyl (C=O) groups is 1. The molecule has 112 valence electrons. The predicted octanol–water partition coefficient (Wildman–Crippen LogP) is 3.56. The van der Waals surface area contributed by atoms with E-state index in [1.165, 1.54) is 5.56 Å². The molecule has 0 aliphatic heterocycles. The zero-order valence-corrected chi connectivity index (χ0v) is 13.4. The molecule has 3 nitrogen and oxygen atoms in total. The minimum Gasteiger partial charge on any atom is -0.376 e. The normalized spacial score (nSPS) is 11.5. The highest BCUT2D eigenvalue weighted by Crippen LogP contribution is 2.23. The van der Waals surface area contributed by atoms with Gasteiger partial charge in [0, 0.05) is 12.2 Å². The van der Waals surface area contributed by atoms with E-state index in [-0.39, 0.29) is 11.3 Å². The maximum absolute atomic E-state index is 11.7. The van der Waals surface area contributed by atoms with Crippen LogP contribution in [0.1, 0.15) is 46.6 Å². The van der Waals surface area contributed by atoms with E-state index in [2.05, 4.69) is 57.4 Å². The second-order valence-corrected chi connectivity index (χ2v) is 6.71. The molecular weight excluding hydrogens is 248 g/mol. The van der Waals surface area contributed by atoms with Gasteiger partial charge in [0.25, 0.3) is 0 Å². The zero-order valence-electron chi connectivity index (χ0n) is 13.4. The van der Waals surface area contributed by atoms with Gasteiger partial charge in [-0.1, -0.05) is 46.8 Å². The highest BCUT2D eigenvalue weighted by molar-refractivity contribution is 5.80. The summed E-state index contributed by atoms with van der Waals surface area (Å²) in [7, 11) is 0. The Morgan fingerprint density at radius 2 is 1.75 bits per heavy atom. The quantitative estimate of drug-likeness (QED) is 0.834. The Hall–Kier alpha value is -1.51. The summed E-state index contributed by atoms with van der Waals surface area (Å²) in [5.41, 5.74) is 2.44. The third-order valence-corrected chi connectivity index (χ3v) is 3.25. The molecule has 0 atom stereocenters. The van der Waals surface area contributed by atoms with Gasteiger partial charge in [-0.3, -0.25) is 4.79 Å². The molecule has 1 rings (SSSR count). The van der Waals surface area contributed by atoms with Crippen molar-refractivity contribution in [1.82, 2.24) is 5.32 Å². The molecule has 0 radical (unpaired) electrons. The van der Waals surface area contributed by atoms with E-state index in [0.29, 0.717) is 12.5 Å². The third kappa shape index (κ3) is 6.09. The summed E-state index contributed by atoms with van der Waals surface area (Å²) in [5, 5.41) is 6.07. The SMILES string of the molecule is CC(C)CCNC(=O)CNc1ccc(C(C)(C)C)cc1. The monoisotopic (exact) mass is 276 g/mol. The molecule has 0 heterocycles. The van der Waals surface area contributed by atoms with Gasteiger partial charge in [0.1, 0.15) is 0 Å². The number of hydrogen-bond acceptors (Lipinski definition) is 2. The van der Waals surface area contributed by atoms with Crippen LogP contribution in [0.15, 0.2) is 24.3 Å². The standard InChI is InChI=1S/C17H28N2O/c1-13(2)10-11-18-16(20)12-19-15-8-6-14(7-9-15)17(3,4)5/h6-9,13,19H,10-12H2,1-5H3,(H,18,20). The van der Waals surface area contributed by atoms with Crippen LogP contribution in [0, 0.1) is 5.92 Å². The van der Waals surface area contributed by atoms with Crippen molar-refractivity contribution < 1.29 is 4.79 Å². The molecule has 0 aliphatic carbocycles. The molecule has 0 saturated heterocycles. The van der Waals surface area contributed by atoms with Gasteiger partial charge < -0.3 is 10.6 Å². The number of nitrogens with one attached hydrogen (secondary N) is 2. The van der Waals surface area contributed by atoms with Crippen LogP contribution in [0.4, 0.5) is 5.69 Å². The maximum Gasteiger partial charge on any atom is 0.239 e. The Morgan fingerprint density at radius 1 is 1.15 bits per heavy atom. The molecule has 0 spiro atoms. The first-order chi connectivity index (χ1) is 9.29. The molecule has 0 aliphatic rings. The van der Waals surface area contributed by atoms with Crippen LogP contribution >= 0.6 is 0 Å². The third-order valence-electron chi connectivity index (χ3n) is 3.25. The molecule has 0 unspecified atom stereocenters. The van der Waals surface area contributed by atoms with E-state index in [4.69, 9.17) is 0 Å². The molecule has 0 aromatic heterocycles. The summed E-state index contributed by atoms with van der Waals surface area (Å²) < 4.78 is 0. The average Bonchev–Trinajstić information content (AvgIpc) is 2.35. The molecule has 3 heteroatoms. The fourth-order valence-corrected chi connectivity index (χ4v) is 1.83. The Balaban J connectivity index is 2.37. The Bertz CT molecular complexity index is 416. The van der Waals surface area contributed by atoms with Crippen LogP contribution < -0.4 is 10.6 Å². The van der Waals surface area contributed by atoms with Gasteiger partial charge in [0.15, 0.2) is 0 Å². The molecule has 0 fully saturated rings. The highest BCUT2D eigenvalue weighted by Gasteiger charge is 2.12. The number of anilines is 1. The van der Waals surface area contributed by atoms with E-state index in [1.807, 2.05) is 12.1 Å². The molecular formula is C17H28N2O. The summed E-state index contributed by atoms with van der Waals surface area (Å²) in [4.78, 5) is 11.7. The summed E-state index contributed by atoms with van der Waals surface area (Å²) in [6, 6.07) is 8.28. The Morgan fingerprint density at radius 3 is 2.25 bits per heavy atom. The number of hydrogen-bond donors (Lipinski definition) is 2. The van der Waals surface area contributed by atoms with Crippen LogP contribution in [-0.4, -0.2) is 19.0 Å². The lowest BCUT2D eigenvalue weighted by Crippen LogP contribution is -2.31. The molecule has 20 heavy (non-hydrogen) atoms. The maximum atomic E-state index is 11.7. The smallest absolute Gasteiger partial charge is 0.239 e. The lowest BCUT2D eigenvalue weighted by molar-refractivity contribution is -0.119. The van der Waals surface area contributed by atoms with Crippen LogP contribution in [0.25, 0.3) is 0 Å². The summed E-state index contributed by atoms with van der Waals surface area (Å²) in [6.07, 6.45) is 1.02. The van der Waals surface area contributed by atoms with Gasteiger partial charge in [-0.25, -0.2) is 0 Å². The van der Waals surface area contributed by atoms with Crippen LogP contribution in [-0.2, 0) is 10.2 Å². The van der Waals surface area contributed by atoms with E-state index in [9.17, 15) is 4.79 Å². The number of carbonyl (C=O) groups excluding carboxylic acids is 1. The minimum atomic E-state index is 0.0468.